The van der Waals surface area contributed by atoms with Crippen molar-refractivity contribution in [2.24, 2.45) is 0 Å². The number of ether oxygens (including phenoxy) is 2. The predicted molar refractivity (Wildman–Crippen MR) is 107 cm³/mol. The highest BCUT2D eigenvalue weighted by Gasteiger charge is 2.29. The van der Waals surface area contributed by atoms with Gasteiger partial charge in [0.2, 0.25) is 9.84 Å². The number of sulfone groups is 1. The number of benzene rings is 3. The number of hydrogen-bond acceptors (Lipinski definition) is 5. The van der Waals surface area contributed by atoms with Crippen molar-refractivity contribution in [2.45, 2.75) is 10.7 Å². The molecule has 0 radical (unpaired) electrons. The number of amides is 1. The fraction of sp³-hybridized carbons (Fsp3) is 0.0952. The van der Waals surface area contributed by atoms with Crippen molar-refractivity contribution in [3.05, 3.63) is 78.9 Å². The Kier molecular flexibility index (Phi) is 6.63. The minimum Gasteiger partial charge on any atom is -0.484 e. The second-order valence-corrected chi connectivity index (χ2v) is 7.91. The maximum absolute atomic E-state index is 12.8. The van der Waals surface area contributed by atoms with Crippen LogP contribution in [0.3, 0.4) is 0 Å². The fourth-order valence-corrected chi connectivity index (χ4v) is 3.36. The molecule has 1 N–H and O–H groups in total. The van der Waals surface area contributed by atoms with Gasteiger partial charge < -0.3 is 14.8 Å². The molecule has 0 unspecified atom stereocenters. The summed E-state index contributed by atoms with van der Waals surface area (Å²) in [6, 6.07) is 20.6. The Balaban J connectivity index is 1.59. The molecule has 0 spiro atoms. The van der Waals surface area contributed by atoms with Gasteiger partial charge in [0.1, 0.15) is 17.2 Å². The molecule has 9 heteroatoms. The van der Waals surface area contributed by atoms with Crippen molar-refractivity contribution in [3.8, 4) is 17.2 Å². The molecule has 0 atom stereocenters. The number of para-hydroxylation sites is 2. The van der Waals surface area contributed by atoms with Crippen LogP contribution >= 0.6 is 0 Å². The number of carbonyl (C=O) groups excluding carboxylic acids is 1. The molecule has 3 rings (SSSR count). The van der Waals surface area contributed by atoms with Gasteiger partial charge in [-0.3, -0.25) is 4.79 Å². The number of hydrogen-bond donors (Lipinski definition) is 1. The van der Waals surface area contributed by atoms with Crippen LogP contribution in [-0.2, 0) is 14.6 Å². The molecule has 1 amide bonds. The van der Waals surface area contributed by atoms with Crippen molar-refractivity contribution in [2.75, 3.05) is 11.9 Å². The lowest BCUT2D eigenvalue weighted by atomic mass is 10.3. The highest BCUT2D eigenvalue weighted by Crippen LogP contribution is 2.26. The number of rotatable bonds is 8. The molecular weight excluding hydrogens is 416 g/mol. The molecule has 3 aromatic carbocycles. The summed E-state index contributed by atoms with van der Waals surface area (Å²) in [4.78, 5) is 11.4. The van der Waals surface area contributed by atoms with Crippen molar-refractivity contribution in [3.63, 3.8) is 0 Å². The quantitative estimate of drug-likeness (QED) is 0.566. The molecule has 0 saturated carbocycles. The van der Waals surface area contributed by atoms with Crippen molar-refractivity contribution < 1.29 is 31.5 Å². The summed E-state index contributed by atoms with van der Waals surface area (Å²) < 4.78 is 60.1. The van der Waals surface area contributed by atoms with E-state index in [1.807, 2.05) is 18.2 Å². The van der Waals surface area contributed by atoms with Crippen molar-refractivity contribution in [1.82, 2.24) is 0 Å². The topological polar surface area (TPSA) is 81.7 Å². The molecule has 0 heterocycles. The fourth-order valence-electron chi connectivity index (χ4n) is 2.48. The maximum atomic E-state index is 12.8. The Morgan fingerprint density at radius 3 is 2.07 bits per heavy atom. The van der Waals surface area contributed by atoms with E-state index in [-0.39, 0.29) is 5.69 Å². The molecule has 30 heavy (non-hydrogen) atoms. The predicted octanol–water partition coefficient (Wildman–Crippen LogP) is 4.49. The Bertz CT molecular complexity index is 1100. The van der Waals surface area contributed by atoms with E-state index in [1.54, 1.807) is 36.4 Å². The van der Waals surface area contributed by atoms with Crippen LogP contribution in [0.5, 0.6) is 17.2 Å². The lowest BCUT2D eigenvalue weighted by Crippen LogP contribution is -2.22. The largest absolute Gasteiger partial charge is 0.484 e. The molecule has 0 fully saturated rings. The first-order valence-electron chi connectivity index (χ1n) is 8.73. The zero-order chi connectivity index (χ0) is 21.6. The number of halogens is 2. The molecule has 3 aromatic rings. The Labute approximate surface area is 172 Å². The van der Waals surface area contributed by atoms with Gasteiger partial charge >= 0.3 is 5.76 Å². The second-order valence-electron chi connectivity index (χ2n) is 6.03. The van der Waals surface area contributed by atoms with E-state index < -0.39 is 33.0 Å². The summed E-state index contributed by atoms with van der Waals surface area (Å²) in [5.41, 5.74) is -0.238. The third kappa shape index (κ3) is 5.32. The van der Waals surface area contributed by atoms with E-state index in [0.717, 1.165) is 6.07 Å². The van der Waals surface area contributed by atoms with Gasteiger partial charge in [-0.25, -0.2) is 8.42 Å². The summed E-state index contributed by atoms with van der Waals surface area (Å²) in [5, 5.41) is 2.28. The van der Waals surface area contributed by atoms with Gasteiger partial charge in [0.25, 0.3) is 5.91 Å². The second kappa shape index (κ2) is 9.36. The smallest absolute Gasteiger partial charge is 0.341 e. The molecule has 0 bridgehead atoms. The Morgan fingerprint density at radius 1 is 0.833 bits per heavy atom. The minimum absolute atomic E-state index is 0.238. The van der Waals surface area contributed by atoms with Crippen LogP contribution in [0.4, 0.5) is 14.5 Å². The van der Waals surface area contributed by atoms with E-state index in [9.17, 15) is 22.0 Å². The lowest BCUT2D eigenvalue weighted by molar-refractivity contribution is -0.118. The van der Waals surface area contributed by atoms with Crippen LogP contribution in [0.1, 0.15) is 0 Å². The highest BCUT2D eigenvalue weighted by molar-refractivity contribution is 7.91. The Morgan fingerprint density at radius 2 is 1.40 bits per heavy atom. The van der Waals surface area contributed by atoms with E-state index in [1.165, 1.54) is 18.2 Å². The van der Waals surface area contributed by atoms with Crippen LogP contribution < -0.4 is 14.8 Å². The van der Waals surface area contributed by atoms with Crippen LogP contribution in [0.2, 0.25) is 0 Å². The third-order valence-electron chi connectivity index (χ3n) is 3.87. The van der Waals surface area contributed by atoms with Gasteiger partial charge in [-0.05, 0) is 48.5 Å². The maximum Gasteiger partial charge on any atom is 0.341 e. The number of carbonyl (C=O) groups is 1. The zero-order valence-corrected chi connectivity index (χ0v) is 16.3. The standard InChI is InChI=1S/C21H17F2NO5S/c22-21(23)30(26,27)19-9-5-4-8-18(19)24-20(25)14-28-15-10-12-17(13-11-15)29-16-6-2-1-3-7-16/h1-13,21H,14H2,(H,24,25). The van der Waals surface area contributed by atoms with Crippen LogP contribution in [0, 0.1) is 0 Å². The van der Waals surface area contributed by atoms with Gasteiger partial charge in [-0.1, -0.05) is 30.3 Å². The summed E-state index contributed by atoms with van der Waals surface area (Å²) in [5.74, 6) is -2.67. The first-order chi connectivity index (χ1) is 14.4. The minimum atomic E-state index is -4.85. The summed E-state index contributed by atoms with van der Waals surface area (Å²) in [6.07, 6.45) is 0. The van der Waals surface area contributed by atoms with Crippen LogP contribution in [-0.4, -0.2) is 26.7 Å². The number of alkyl halides is 2. The molecular formula is C21H17F2NO5S. The van der Waals surface area contributed by atoms with Crippen LogP contribution in [0.25, 0.3) is 0 Å². The molecule has 0 aromatic heterocycles. The van der Waals surface area contributed by atoms with Gasteiger partial charge in [0, 0.05) is 0 Å². The van der Waals surface area contributed by atoms with E-state index in [0.29, 0.717) is 17.2 Å². The number of nitrogens with one attached hydrogen (secondary N) is 1. The monoisotopic (exact) mass is 433 g/mol. The van der Waals surface area contributed by atoms with E-state index in [4.69, 9.17) is 9.47 Å². The average molecular weight is 433 g/mol. The highest BCUT2D eigenvalue weighted by atomic mass is 32.2. The van der Waals surface area contributed by atoms with Gasteiger partial charge in [-0.15, -0.1) is 0 Å². The molecule has 0 aliphatic rings. The van der Waals surface area contributed by atoms with E-state index in [2.05, 4.69) is 5.32 Å². The summed E-state index contributed by atoms with van der Waals surface area (Å²) >= 11 is 0. The molecule has 0 aliphatic carbocycles. The first kappa shape index (κ1) is 21.3. The Hall–Kier alpha value is -3.46. The SMILES string of the molecule is O=C(COc1ccc(Oc2ccccc2)cc1)Nc1ccccc1S(=O)(=O)C(F)F. The average Bonchev–Trinajstić information content (AvgIpc) is 2.74. The molecule has 0 saturated heterocycles. The first-order valence-corrected chi connectivity index (χ1v) is 10.3. The van der Waals surface area contributed by atoms with Crippen molar-refractivity contribution in [1.29, 1.82) is 0 Å². The van der Waals surface area contributed by atoms with Gasteiger partial charge in [0.05, 0.1) is 10.6 Å². The van der Waals surface area contributed by atoms with Crippen molar-refractivity contribution >= 4 is 21.4 Å². The lowest BCUT2D eigenvalue weighted by Gasteiger charge is -2.12. The molecule has 156 valence electrons. The third-order valence-corrected chi connectivity index (χ3v) is 5.31. The molecule has 0 aliphatic heterocycles. The van der Waals surface area contributed by atoms with Crippen LogP contribution in [0.15, 0.2) is 83.8 Å². The van der Waals surface area contributed by atoms with Gasteiger partial charge in [-0.2, -0.15) is 8.78 Å². The zero-order valence-electron chi connectivity index (χ0n) is 15.5. The number of anilines is 1. The van der Waals surface area contributed by atoms with E-state index >= 15 is 0 Å². The summed E-state index contributed by atoms with van der Waals surface area (Å²) in [6.45, 7) is -0.443. The van der Waals surface area contributed by atoms with Gasteiger partial charge in [0.15, 0.2) is 6.61 Å². The summed E-state index contributed by atoms with van der Waals surface area (Å²) in [7, 11) is -4.85. The normalized spacial score (nSPS) is 11.2. The molecule has 6 nitrogen and oxygen atoms in total.